The molecule has 0 aromatic rings. The largest absolute Gasteiger partial charge is 0.284 e. The first-order valence-electron chi connectivity index (χ1n) is 6.02. The van der Waals surface area contributed by atoms with Crippen molar-refractivity contribution >= 4 is 0 Å². The third-order valence-corrected chi connectivity index (χ3v) is 4.23. The molecular weight excluding hydrogens is 206 g/mol. The maximum atomic E-state index is 13.1. The van der Waals surface area contributed by atoms with Gasteiger partial charge in [0.2, 0.25) is 0 Å². The van der Waals surface area contributed by atoms with Crippen molar-refractivity contribution in [2.75, 3.05) is 0 Å². The molecule has 0 N–H and O–H groups in total. The van der Waals surface area contributed by atoms with E-state index in [1.165, 1.54) is 6.42 Å². The molecule has 0 spiro atoms. The predicted molar refractivity (Wildman–Crippen MR) is 64.6 cm³/mol. The predicted octanol–water partition coefficient (Wildman–Crippen LogP) is 4.83. The molecular formula is C14H22F2. The van der Waals surface area contributed by atoms with Gasteiger partial charge in [-0.2, -0.15) is 8.78 Å². The van der Waals surface area contributed by atoms with E-state index in [1.807, 2.05) is 0 Å². The third kappa shape index (κ3) is 2.93. The first-order valence-corrected chi connectivity index (χ1v) is 6.02. The van der Waals surface area contributed by atoms with Gasteiger partial charge in [-0.05, 0) is 35.8 Å². The zero-order valence-electron chi connectivity index (χ0n) is 10.5. The van der Waals surface area contributed by atoms with Gasteiger partial charge in [-0.15, -0.1) is 0 Å². The van der Waals surface area contributed by atoms with Crippen molar-refractivity contribution in [1.29, 1.82) is 0 Å². The van der Waals surface area contributed by atoms with Gasteiger partial charge in [0, 0.05) is 0 Å². The lowest BCUT2D eigenvalue weighted by Crippen LogP contribution is -2.32. The lowest BCUT2D eigenvalue weighted by molar-refractivity contribution is 0.100. The summed E-state index contributed by atoms with van der Waals surface area (Å²) in [7, 11) is 0. The summed E-state index contributed by atoms with van der Waals surface area (Å²) in [6.07, 6.45) is 6.75. The van der Waals surface area contributed by atoms with E-state index in [-0.39, 0.29) is 5.41 Å². The summed E-state index contributed by atoms with van der Waals surface area (Å²) >= 11 is 0. The van der Waals surface area contributed by atoms with Crippen LogP contribution in [-0.4, -0.2) is 5.92 Å². The highest BCUT2D eigenvalue weighted by Gasteiger charge is 2.36. The summed E-state index contributed by atoms with van der Waals surface area (Å²) in [6, 6.07) is 0. The van der Waals surface area contributed by atoms with Crippen molar-refractivity contribution in [2.24, 2.45) is 17.3 Å². The van der Waals surface area contributed by atoms with Crippen LogP contribution in [0.2, 0.25) is 0 Å². The van der Waals surface area contributed by atoms with E-state index in [0.29, 0.717) is 17.9 Å². The average Bonchev–Trinajstić information content (AvgIpc) is 2.24. The molecule has 0 nitrogen and oxygen atoms in total. The Morgan fingerprint density at radius 2 is 2.00 bits per heavy atom. The molecule has 0 heterocycles. The van der Waals surface area contributed by atoms with Crippen LogP contribution in [0.4, 0.5) is 8.78 Å². The van der Waals surface area contributed by atoms with Crippen LogP contribution in [-0.2, 0) is 0 Å². The molecule has 1 aliphatic carbocycles. The fraction of sp³-hybridized carbons (Fsp3) is 0.714. The van der Waals surface area contributed by atoms with E-state index in [0.717, 1.165) is 18.9 Å². The smallest absolute Gasteiger partial charge is 0.197 e. The summed E-state index contributed by atoms with van der Waals surface area (Å²) in [4.78, 5) is 0. The zero-order valence-corrected chi connectivity index (χ0v) is 10.5. The molecule has 92 valence electrons. The summed E-state index contributed by atoms with van der Waals surface area (Å²) in [5, 5.41) is 0. The molecule has 1 fully saturated rings. The summed E-state index contributed by atoms with van der Waals surface area (Å²) in [6.45, 7) is 9.61. The van der Waals surface area contributed by atoms with Crippen LogP contribution in [0.1, 0.15) is 40.0 Å². The van der Waals surface area contributed by atoms with Crippen LogP contribution in [0.5, 0.6) is 0 Å². The lowest BCUT2D eigenvalue weighted by Gasteiger charge is -2.41. The van der Waals surface area contributed by atoms with E-state index < -0.39 is 5.92 Å². The van der Waals surface area contributed by atoms with Crippen molar-refractivity contribution in [3.63, 3.8) is 0 Å². The van der Waals surface area contributed by atoms with E-state index in [2.05, 4.69) is 27.4 Å². The van der Waals surface area contributed by atoms with Crippen molar-refractivity contribution in [2.45, 2.75) is 46.0 Å². The second-order valence-electron chi connectivity index (χ2n) is 5.38. The normalized spacial score (nSPS) is 36.6. The molecule has 2 heteroatoms. The van der Waals surface area contributed by atoms with Crippen LogP contribution in [0.25, 0.3) is 0 Å². The third-order valence-electron chi connectivity index (χ3n) is 4.23. The minimum absolute atomic E-state index is 0.0931. The molecule has 16 heavy (non-hydrogen) atoms. The number of alkyl halides is 2. The zero-order chi connectivity index (χ0) is 12.4. The minimum atomic E-state index is -2.87. The van der Waals surface area contributed by atoms with Crippen LogP contribution < -0.4 is 0 Å². The standard InChI is InChI=1S/C14H22F2/c1-5-14(15,16)10-9-13(4)8-6-7-11(2)12(13)3/h5,9-12H,1,6-8H2,2-4H3/b10-9-. The molecule has 0 aromatic carbocycles. The highest BCUT2D eigenvalue weighted by Crippen LogP contribution is 2.45. The Morgan fingerprint density at radius 3 is 2.56 bits per heavy atom. The number of halogens is 2. The Kier molecular flexibility index (Phi) is 3.92. The van der Waals surface area contributed by atoms with Crippen molar-refractivity contribution in [3.05, 3.63) is 24.8 Å². The summed E-state index contributed by atoms with van der Waals surface area (Å²) in [5.41, 5.74) is -0.0931. The molecule has 3 unspecified atom stereocenters. The molecule has 3 atom stereocenters. The Balaban J connectivity index is 2.81. The Bertz CT molecular complexity index is 280. The van der Waals surface area contributed by atoms with Gasteiger partial charge in [-0.3, -0.25) is 0 Å². The Hall–Kier alpha value is -0.660. The maximum Gasteiger partial charge on any atom is 0.284 e. The Morgan fingerprint density at radius 1 is 1.38 bits per heavy atom. The topological polar surface area (TPSA) is 0 Å². The number of hydrogen-bond donors (Lipinski definition) is 0. The van der Waals surface area contributed by atoms with Crippen molar-refractivity contribution < 1.29 is 8.78 Å². The van der Waals surface area contributed by atoms with E-state index >= 15 is 0 Å². The lowest BCUT2D eigenvalue weighted by atomic mass is 9.64. The molecule has 1 rings (SSSR count). The first-order chi connectivity index (χ1) is 7.31. The monoisotopic (exact) mass is 228 g/mol. The first kappa shape index (κ1) is 13.4. The summed E-state index contributed by atoms with van der Waals surface area (Å²) in [5.74, 6) is -1.80. The van der Waals surface area contributed by atoms with Gasteiger partial charge in [-0.1, -0.05) is 46.3 Å². The van der Waals surface area contributed by atoms with Crippen LogP contribution in [0, 0.1) is 17.3 Å². The second kappa shape index (κ2) is 4.68. The molecule has 0 saturated heterocycles. The molecule has 1 saturated carbocycles. The van der Waals surface area contributed by atoms with Crippen LogP contribution in [0.3, 0.4) is 0 Å². The number of hydrogen-bond acceptors (Lipinski definition) is 0. The number of rotatable bonds is 3. The quantitative estimate of drug-likeness (QED) is 0.607. The highest BCUT2D eigenvalue weighted by molar-refractivity contribution is 5.11. The van der Waals surface area contributed by atoms with Gasteiger partial charge in [-0.25, -0.2) is 0 Å². The van der Waals surface area contributed by atoms with Gasteiger partial charge in [0.15, 0.2) is 0 Å². The minimum Gasteiger partial charge on any atom is -0.197 e. The fourth-order valence-electron chi connectivity index (χ4n) is 2.54. The molecule has 0 amide bonds. The average molecular weight is 228 g/mol. The van der Waals surface area contributed by atoms with E-state index in [9.17, 15) is 8.78 Å². The van der Waals surface area contributed by atoms with Crippen molar-refractivity contribution in [1.82, 2.24) is 0 Å². The van der Waals surface area contributed by atoms with E-state index in [4.69, 9.17) is 0 Å². The van der Waals surface area contributed by atoms with E-state index in [1.54, 1.807) is 6.08 Å². The number of allylic oxidation sites excluding steroid dienone is 3. The van der Waals surface area contributed by atoms with Crippen LogP contribution >= 0.6 is 0 Å². The summed E-state index contributed by atoms with van der Waals surface area (Å²) < 4.78 is 26.2. The highest BCUT2D eigenvalue weighted by atomic mass is 19.3. The maximum absolute atomic E-state index is 13.1. The van der Waals surface area contributed by atoms with Gasteiger partial charge in [0.1, 0.15) is 0 Å². The van der Waals surface area contributed by atoms with Crippen LogP contribution in [0.15, 0.2) is 24.8 Å². The second-order valence-corrected chi connectivity index (χ2v) is 5.38. The fourth-order valence-corrected chi connectivity index (χ4v) is 2.54. The molecule has 0 bridgehead atoms. The van der Waals surface area contributed by atoms with Gasteiger partial charge in [0.25, 0.3) is 5.92 Å². The molecule has 0 radical (unpaired) electrons. The molecule has 0 aromatic heterocycles. The molecule has 0 aliphatic heterocycles. The van der Waals surface area contributed by atoms with Gasteiger partial charge >= 0.3 is 0 Å². The van der Waals surface area contributed by atoms with Gasteiger partial charge < -0.3 is 0 Å². The SMILES string of the molecule is C=CC(F)(F)/C=C\C1(C)CCCC(C)C1C. The van der Waals surface area contributed by atoms with Crippen molar-refractivity contribution in [3.8, 4) is 0 Å². The molecule has 1 aliphatic rings. The Labute approximate surface area is 97.4 Å². The van der Waals surface area contributed by atoms with Gasteiger partial charge in [0.05, 0.1) is 0 Å².